The lowest BCUT2D eigenvalue weighted by Crippen LogP contribution is -2.10. The van der Waals surface area contributed by atoms with Crippen LogP contribution in [0.1, 0.15) is 47.9 Å². The zero-order valence-electron chi connectivity index (χ0n) is 19.5. The summed E-state index contributed by atoms with van der Waals surface area (Å²) in [6.07, 6.45) is 6.00. The van der Waals surface area contributed by atoms with Gasteiger partial charge in [-0.15, -0.1) is 0 Å². The summed E-state index contributed by atoms with van der Waals surface area (Å²) < 4.78 is 12.0. The Morgan fingerprint density at radius 1 is 1.12 bits per heavy atom. The second-order valence-electron chi connectivity index (χ2n) is 8.81. The zero-order chi connectivity index (χ0) is 23.1. The van der Waals surface area contributed by atoms with Crippen LogP contribution in [0.25, 0.3) is 27.4 Å². The molecular formula is C28H28N2O3. The van der Waals surface area contributed by atoms with Gasteiger partial charge in [-0.1, -0.05) is 18.2 Å². The van der Waals surface area contributed by atoms with Gasteiger partial charge in [0.2, 0.25) is 5.91 Å². The first-order chi connectivity index (χ1) is 16.0. The first kappa shape index (κ1) is 21.3. The van der Waals surface area contributed by atoms with E-state index in [0.717, 1.165) is 80.7 Å². The summed E-state index contributed by atoms with van der Waals surface area (Å²) in [6.45, 7) is 5.90. The van der Waals surface area contributed by atoms with Crippen molar-refractivity contribution in [1.29, 1.82) is 0 Å². The van der Waals surface area contributed by atoms with Crippen LogP contribution in [0, 0.1) is 13.8 Å². The van der Waals surface area contributed by atoms with Gasteiger partial charge in [0.25, 0.3) is 0 Å². The number of methoxy groups -OCH3 is 1. The van der Waals surface area contributed by atoms with Crippen molar-refractivity contribution in [3.63, 3.8) is 0 Å². The maximum absolute atomic E-state index is 13.0. The number of amides is 1. The number of hydrogen-bond donors (Lipinski definition) is 1. The summed E-state index contributed by atoms with van der Waals surface area (Å²) in [5.74, 6) is 1.66. The lowest BCUT2D eigenvalue weighted by Gasteiger charge is -2.14. The van der Waals surface area contributed by atoms with E-state index >= 15 is 0 Å². The van der Waals surface area contributed by atoms with Crippen molar-refractivity contribution in [1.82, 2.24) is 4.98 Å². The molecule has 0 saturated carbocycles. The van der Waals surface area contributed by atoms with Gasteiger partial charge in [0.15, 0.2) is 0 Å². The summed E-state index contributed by atoms with van der Waals surface area (Å²) in [4.78, 5) is 17.6. The fraction of sp³-hybridized carbons (Fsp3) is 0.286. The van der Waals surface area contributed by atoms with Gasteiger partial charge in [-0.2, -0.15) is 0 Å². The highest BCUT2D eigenvalue weighted by molar-refractivity contribution is 6.08. The molecule has 5 rings (SSSR count). The third-order valence-corrected chi connectivity index (χ3v) is 6.51. The van der Waals surface area contributed by atoms with E-state index in [1.165, 1.54) is 12.0 Å². The van der Waals surface area contributed by atoms with Crippen LogP contribution in [-0.4, -0.2) is 18.0 Å². The van der Waals surface area contributed by atoms with Gasteiger partial charge in [-0.25, -0.2) is 0 Å². The zero-order valence-corrected chi connectivity index (χ0v) is 19.5. The topological polar surface area (TPSA) is 64.4 Å². The number of furan rings is 1. The van der Waals surface area contributed by atoms with Crippen LogP contribution >= 0.6 is 0 Å². The Hall–Kier alpha value is -3.60. The van der Waals surface area contributed by atoms with Crippen molar-refractivity contribution in [3.8, 4) is 5.75 Å². The van der Waals surface area contributed by atoms with E-state index in [1.807, 2.05) is 51.1 Å². The van der Waals surface area contributed by atoms with Crippen molar-refractivity contribution in [2.24, 2.45) is 0 Å². The Labute approximate surface area is 193 Å². The van der Waals surface area contributed by atoms with E-state index in [0.29, 0.717) is 0 Å². The van der Waals surface area contributed by atoms with E-state index < -0.39 is 0 Å². The number of para-hydroxylation sites is 1. The second-order valence-corrected chi connectivity index (χ2v) is 8.81. The molecular weight excluding hydrogens is 412 g/mol. The molecule has 5 nitrogen and oxygen atoms in total. The number of nitrogens with one attached hydrogen (secondary N) is 1. The molecule has 0 bridgehead atoms. The largest absolute Gasteiger partial charge is 0.496 e. The molecule has 2 heterocycles. The number of aryl methyl sites for hydroxylation is 4. The molecule has 2 aromatic carbocycles. The third kappa shape index (κ3) is 3.78. The quantitative estimate of drug-likeness (QED) is 0.367. The highest BCUT2D eigenvalue weighted by Crippen LogP contribution is 2.41. The van der Waals surface area contributed by atoms with Gasteiger partial charge in [0.1, 0.15) is 17.1 Å². The minimum atomic E-state index is -0.183. The molecule has 0 spiro atoms. The van der Waals surface area contributed by atoms with E-state index in [9.17, 15) is 4.79 Å². The number of aromatic nitrogens is 1. The van der Waals surface area contributed by atoms with Crippen LogP contribution in [0.3, 0.4) is 0 Å². The highest BCUT2D eigenvalue weighted by Gasteiger charge is 2.23. The monoisotopic (exact) mass is 440 g/mol. The lowest BCUT2D eigenvalue weighted by atomic mass is 9.93. The first-order valence-electron chi connectivity index (χ1n) is 11.4. The molecule has 1 amide bonds. The first-order valence-corrected chi connectivity index (χ1v) is 11.4. The number of rotatable bonds is 4. The molecule has 168 valence electrons. The standard InChI is InChI=1S/C28H28N2O3/c1-16(13-26(31)30-24-14-17(2)29-23-11-7-5-10-20(23)24)21-15-22-19-9-6-8-12-25(19)33-28(22)18(3)27(21)32-4/h5,7,10-11,13-15H,6,8-9,12H2,1-4H3,(H,29,30,31)/b16-13+. The minimum absolute atomic E-state index is 0.183. The molecule has 33 heavy (non-hydrogen) atoms. The summed E-state index contributed by atoms with van der Waals surface area (Å²) in [5, 5.41) is 5.11. The van der Waals surface area contributed by atoms with Gasteiger partial charge in [-0.3, -0.25) is 9.78 Å². The molecule has 2 aromatic heterocycles. The van der Waals surface area contributed by atoms with Crippen LogP contribution in [0.5, 0.6) is 5.75 Å². The molecule has 0 aliphatic heterocycles. The average molecular weight is 441 g/mol. The molecule has 0 unspecified atom stereocenters. The number of pyridine rings is 1. The minimum Gasteiger partial charge on any atom is -0.496 e. The summed E-state index contributed by atoms with van der Waals surface area (Å²) in [7, 11) is 1.67. The molecule has 0 fully saturated rings. The number of nitrogens with zero attached hydrogens (tertiary/aromatic N) is 1. The Morgan fingerprint density at radius 2 is 1.91 bits per heavy atom. The maximum Gasteiger partial charge on any atom is 0.248 e. The number of benzene rings is 2. The number of ether oxygens (including phenoxy) is 1. The Kier molecular flexibility index (Phi) is 5.41. The van der Waals surface area contributed by atoms with Crippen LogP contribution < -0.4 is 10.1 Å². The number of hydrogen-bond acceptors (Lipinski definition) is 4. The van der Waals surface area contributed by atoms with Crippen molar-refractivity contribution in [2.75, 3.05) is 12.4 Å². The Morgan fingerprint density at radius 3 is 2.73 bits per heavy atom. The van der Waals surface area contributed by atoms with Gasteiger partial charge < -0.3 is 14.5 Å². The number of carbonyl (C=O) groups excluding carboxylic acids is 1. The third-order valence-electron chi connectivity index (χ3n) is 6.51. The van der Waals surface area contributed by atoms with Crippen molar-refractivity contribution in [2.45, 2.75) is 46.5 Å². The van der Waals surface area contributed by atoms with Gasteiger partial charge in [0, 0.05) is 45.7 Å². The highest BCUT2D eigenvalue weighted by atomic mass is 16.5. The van der Waals surface area contributed by atoms with E-state index in [-0.39, 0.29) is 5.91 Å². The number of allylic oxidation sites excluding steroid dienone is 1. The maximum atomic E-state index is 13.0. The summed E-state index contributed by atoms with van der Waals surface area (Å²) >= 11 is 0. The van der Waals surface area contributed by atoms with E-state index in [1.54, 1.807) is 13.2 Å². The van der Waals surface area contributed by atoms with E-state index in [4.69, 9.17) is 9.15 Å². The smallest absolute Gasteiger partial charge is 0.248 e. The fourth-order valence-electron chi connectivity index (χ4n) is 4.95. The molecule has 1 aliphatic carbocycles. The molecule has 5 heteroatoms. The number of anilines is 1. The van der Waals surface area contributed by atoms with Crippen LogP contribution in [0.2, 0.25) is 0 Å². The molecule has 1 aliphatic rings. The number of fused-ring (bicyclic) bond motifs is 4. The van der Waals surface area contributed by atoms with Crippen LogP contribution in [0.4, 0.5) is 5.69 Å². The Balaban J connectivity index is 1.54. The Bertz CT molecular complexity index is 1430. The summed E-state index contributed by atoms with van der Waals surface area (Å²) in [5.41, 5.74) is 7.42. The van der Waals surface area contributed by atoms with Crippen molar-refractivity contribution >= 4 is 39.0 Å². The van der Waals surface area contributed by atoms with Gasteiger partial charge >= 0.3 is 0 Å². The van der Waals surface area contributed by atoms with Crippen molar-refractivity contribution in [3.05, 3.63) is 70.6 Å². The molecule has 0 saturated heterocycles. The van der Waals surface area contributed by atoms with Crippen LogP contribution in [0.15, 0.2) is 46.9 Å². The van der Waals surface area contributed by atoms with Crippen LogP contribution in [-0.2, 0) is 17.6 Å². The SMILES string of the molecule is COc1c(/C(C)=C/C(=O)Nc2cc(C)nc3ccccc23)cc2c3c(oc2c1C)CCCC3. The molecule has 4 aromatic rings. The normalized spacial score (nSPS) is 13.9. The predicted octanol–water partition coefficient (Wildman–Crippen LogP) is 6.53. The fourth-order valence-corrected chi connectivity index (χ4v) is 4.95. The molecule has 0 radical (unpaired) electrons. The second kappa shape index (κ2) is 8.39. The molecule has 1 N–H and O–H groups in total. The predicted molar refractivity (Wildman–Crippen MR) is 133 cm³/mol. The van der Waals surface area contributed by atoms with E-state index in [2.05, 4.69) is 16.4 Å². The average Bonchev–Trinajstić information content (AvgIpc) is 3.18. The number of carbonyl (C=O) groups is 1. The lowest BCUT2D eigenvalue weighted by molar-refractivity contribution is -0.111. The molecule has 0 atom stereocenters. The van der Waals surface area contributed by atoms with Crippen molar-refractivity contribution < 1.29 is 13.9 Å². The summed E-state index contributed by atoms with van der Waals surface area (Å²) in [6, 6.07) is 11.8. The van der Waals surface area contributed by atoms with Gasteiger partial charge in [0.05, 0.1) is 18.3 Å². The van der Waals surface area contributed by atoms with Gasteiger partial charge in [-0.05, 0) is 63.8 Å².